The van der Waals surface area contributed by atoms with Crippen LogP contribution in [0.4, 0.5) is 0 Å². The van der Waals surface area contributed by atoms with Crippen LogP contribution in [0.15, 0.2) is 5.38 Å². The van der Waals surface area contributed by atoms with Gasteiger partial charge < -0.3 is 5.32 Å². The summed E-state index contributed by atoms with van der Waals surface area (Å²) in [6.45, 7) is 6.72. The first kappa shape index (κ1) is 17.0. The SMILES string of the molecule is CNC(CCC1CCCCC1)Cc1nc(C(C)(C)C)cs1. The summed E-state index contributed by atoms with van der Waals surface area (Å²) in [6, 6.07) is 0.589. The first-order chi connectivity index (χ1) is 9.99. The molecular weight excluding hydrogens is 276 g/mol. The van der Waals surface area contributed by atoms with E-state index < -0.39 is 0 Å². The van der Waals surface area contributed by atoms with Crippen molar-refractivity contribution in [1.29, 1.82) is 0 Å². The van der Waals surface area contributed by atoms with E-state index in [2.05, 4.69) is 38.5 Å². The van der Waals surface area contributed by atoms with Crippen molar-refractivity contribution in [2.75, 3.05) is 7.05 Å². The highest BCUT2D eigenvalue weighted by molar-refractivity contribution is 7.09. The number of nitrogens with zero attached hydrogens (tertiary/aromatic N) is 1. The molecule has 0 aromatic carbocycles. The van der Waals surface area contributed by atoms with Crippen LogP contribution in [0.5, 0.6) is 0 Å². The minimum atomic E-state index is 0.173. The molecule has 0 radical (unpaired) electrons. The molecule has 1 aromatic heterocycles. The zero-order valence-corrected chi connectivity index (χ0v) is 15.1. The van der Waals surface area contributed by atoms with Crippen LogP contribution in [0, 0.1) is 5.92 Å². The Morgan fingerprint density at radius 1 is 1.29 bits per heavy atom. The molecule has 1 aliphatic rings. The van der Waals surface area contributed by atoms with Crippen molar-refractivity contribution in [3.8, 4) is 0 Å². The van der Waals surface area contributed by atoms with Crippen molar-refractivity contribution in [1.82, 2.24) is 10.3 Å². The number of hydrogen-bond donors (Lipinski definition) is 1. The van der Waals surface area contributed by atoms with Gasteiger partial charge in [-0.15, -0.1) is 11.3 Å². The van der Waals surface area contributed by atoms with Crippen molar-refractivity contribution in [3.63, 3.8) is 0 Å². The molecule has 1 heterocycles. The lowest BCUT2D eigenvalue weighted by atomic mass is 9.85. The first-order valence-electron chi connectivity index (χ1n) is 8.61. The fourth-order valence-electron chi connectivity index (χ4n) is 3.22. The third-order valence-electron chi connectivity index (χ3n) is 4.80. The molecule has 2 rings (SSSR count). The van der Waals surface area contributed by atoms with Gasteiger partial charge in [-0.2, -0.15) is 0 Å². The van der Waals surface area contributed by atoms with E-state index in [9.17, 15) is 0 Å². The molecule has 0 amide bonds. The van der Waals surface area contributed by atoms with Crippen LogP contribution in [0.3, 0.4) is 0 Å². The molecule has 21 heavy (non-hydrogen) atoms. The second-order valence-corrected chi connectivity index (χ2v) is 8.59. The van der Waals surface area contributed by atoms with Crippen LogP contribution in [-0.2, 0) is 11.8 Å². The van der Waals surface area contributed by atoms with Crippen LogP contribution in [0.2, 0.25) is 0 Å². The quantitative estimate of drug-likeness (QED) is 0.806. The Balaban J connectivity index is 1.82. The number of rotatable bonds is 6. The van der Waals surface area contributed by atoms with Gasteiger partial charge in [0.1, 0.15) is 0 Å². The molecule has 0 spiro atoms. The van der Waals surface area contributed by atoms with Gasteiger partial charge in [-0.25, -0.2) is 4.98 Å². The molecule has 1 aliphatic carbocycles. The van der Waals surface area contributed by atoms with E-state index in [4.69, 9.17) is 4.98 Å². The standard InChI is InChI=1S/C18H32N2S/c1-18(2,3)16-13-21-17(20-16)12-15(19-4)11-10-14-8-6-5-7-9-14/h13-15,19H,5-12H2,1-4H3. The summed E-state index contributed by atoms with van der Waals surface area (Å²) in [5.41, 5.74) is 1.41. The highest BCUT2D eigenvalue weighted by Gasteiger charge is 2.20. The number of likely N-dealkylation sites (N-methyl/N-ethyl adjacent to an activating group) is 1. The first-order valence-corrected chi connectivity index (χ1v) is 9.49. The smallest absolute Gasteiger partial charge is 0.0944 e. The summed E-state index contributed by atoms with van der Waals surface area (Å²) < 4.78 is 0. The van der Waals surface area contributed by atoms with Gasteiger partial charge in [0.25, 0.3) is 0 Å². The number of thiazole rings is 1. The van der Waals surface area contributed by atoms with Crippen LogP contribution >= 0.6 is 11.3 Å². The number of aromatic nitrogens is 1. The van der Waals surface area contributed by atoms with E-state index in [0.717, 1.165) is 12.3 Å². The van der Waals surface area contributed by atoms with Gasteiger partial charge in [0, 0.05) is 23.3 Å². The molecule has 120 valence electrons. The molecule has 0 saturated heterocycles. The monoisotopic (exact) mass is 308 g/mol. The fraction of sp³-hybridized carbons (Fsp3) is 0.833. The molecule has 1 aromatic rings. The lowest BCUT2D eigenvalue weighted by Gasteiger charge is -2.24. The van der Waals surface area contributed by atoms with Gasteiger partial charge in [-0.05, 0) is 25.8 Å². The molecule has 2 nitrogen and oxygen atoms in total. The van der Waals surface area contributed by atoms with Crippen LogP contribution in [-0.4, -0.2) is 18.1 Å². The Hall–Kier alpha value is -0.410. The van der Waals surface area contributed by atoms with Gasteiger partial charge in [-0.1, -0.05) is 52.9 Å². The van der Waals surface area contributed by atoms with Gasteiger partial charge in [0.15, 0.2) is 0 Å². The maximum atomic E-state index is 4.84. The number of nitrogens with one attached hydrogen (secondary N) is 1. The van der Waals surface area contributed by atoms with Crippen LogP contribution in [0.25, 0.3) is 0 Å². The van der Waals surface area contributed by atoms with Crippen LogP contribution in [0.1, 0.15) is 76.4 Å². The molecule has 1 saturated carbocycles. The molecule has 1 atom stereocenters. The largest absolute Gasteiger partial charge is 0.317 e. The second-order valence-electron chi connectivity index (χ2n) is 7.65. The van der Waals surface area contributed by atoms with Gasteiger partial charge in [0.05, 0.1) is 10.7 Å². The summed E-state index contributed by atoms with van der Waals surface area (Å²) >= 11 is 1.83. The molecule has 0 bridgehead atoms. The van der Waals surface area contributed by atoms with E-state index >= 15 is 0 Å². The predicted molar refractivity (Wildman–Crippen MR) is 93.2 cm³/mol. The summed E-state index contributed by atoms with van der Waals surface area (Å²) in [4.78, 5) is 4.84. The Morgan fingerprint density at radius 3 is 2.57 bits per heavy atom. The molecular formula is C18H32N2S. The maximum absolute atomic E-state index is 4.84. The van der Waals surface area contributed by atoms with Crippen molar-refractivity contribution in [3.05, 3.63) is 16.1 Å². The highest BCUT2D eigenvalue weighted by Crippen LogP contribution is 2.29. The van der Waals surface area contributed by atoms with Gasteiger partial charge in [-0.3, -0.25) is 0 Å². The minimum Gasteiger partial charge on any atom is -0.317 e. The third-order valence-corrected chi connectivity index (χ3v) is 5.67. The van der Waals surface area contributed by atoms with E-state index in [1.165, 1.54) is 55.6 Å². The Morgan fingerprint density at radius 2 is 2.00 bits per heavy atom. The van der Waals surface area contributed by atoms with E-state index in [0.29, 0.717) is 6.04 Å². The highest BCUT2D eigenvalue weighted by atomic mass is 32.1. The van der Waals surface area contributed by atoms with Crippen LogP contribution < -0.4 is 5.32 Å². The molecule has 1 N–H and O–H groups in total. The summed E-state index contributed by atoms with van der Waals surface area (Å²) in [5, 5.41) is 7.04. The van der Waals surface area contributed by atoms with E-state index in [1.54, 1.807) is 0 Å². The summed E-state index contributed by atoms with van der Waals surface area (Å²) in [6.07, 6.45) is 11.1. The zero-order chi connectivity index (χ0) is 15.3. The fourth-order valence-corrected chi connectivity index (χ4v) is 4.32. The second kappa shape index (κ2) is 7.73. The molecule has 0 aliphatic heterocycles. The summed E-state index contributed by atoms with van der Waals surface area (Å²) in [5.74, 6) is 0.982. The molecule has 1 unspecified atom stereocenters. The van der Waals surface area contributed by atoms with Crippen molar-refractivity contribution >= 4 is 11.3 Å². The third kappa shape index (κ3) is 5.37. The topological polar surface area (TPSA) is 24.9 Å². The maximum Gasteiger partial charge on any atom is 0.0944 e. The average molecular weight is 309 g/mol. The summed E-state index contributed by atoms with van der Waals surface area (Å²) in [7, 11) is 2.10. The predicted octanol–water partition coefficient (Wildman–Crippen LogP) is 4.93. The normalized spacial score (nSPS) is 18.9. The van der Waals surface area contributed by atoms with Crippen molar-refractivity contribution in [2.24, 2.45) is 5.92 Å². The molecule has 1 fully saturated rings. The van der Waals surface area contributed by atoms with Crippen molar-refractivity contribution in [2.45, 2.75) is 83.6 Å². The van der Waals surface area contributed by atoms with E-state index in [-0.39, 0.29) is 5.41 Å². The lowest BCUT2D eigenvalue weighted by Crippen LogP contribution is -2.28. The number of hydrogen-bond acceptors (Lipinski definition) is 3. The average Bonchev–Trinajstić information content (AvgIpc) is 2.93. The van der Waals surface area contributed by atoms with Crippen molar-refractivity contribution < 1.29 is 0 Å². The minimum absolute atomic E-state index is 0.173. The Labute approximate surface area is 134 Å². The Bertz CT molecular complexity index is 413. The molecule has 3 heteroatoms. The Kier molecular flexibility index (Phi) is 6.24. The van der Waals surface area contributed by atoms with Gasteiger partial charge >= 0.3 is 0 Å². The van der Waals surface area contributed by atoms with Gasteiger partial charge in [0.2, 0.25) is 0 Å². The van der Waals surface area contributed by atoms with E-state index in [1.807, 2.05) is 11.3 Å². The zero-order valence-electron chi connectivity index (χ0n) is 14.2. The lowest BCUT2D eigenvalue weighted by molar-refractivity contribution is 0.315.